The number of carboxylic acid groups (broad SMARTS) is 2. The van der Waals surface area contributed by atoms with E-state index in [0.29, 0.717) is 5.56 Å². The number of anilines is 1. The SMILES string of the molecule is Cc1ccc(C(=O)O)cc1C(=O)O.NNc1cccc2ccccc12. The Morgan fingerprint density at radius 3 is 2.24 bits per heavy atom. The van der Waals surface area contributed by atoms with Crippen LogP contribution in [-0.4, -0.2) is 22.2 Å². The normalized spacial score (nSPS) is 9.84. The summed E-state index contributed by atoms with van der Waals surface area (Å²) in [6.45, 7) is 1.62. The second kappa shape index (κ2) is 7.94. The molecule has 0 atom stereocenters. The van der Waals surface area contributed by atoms with Crippen LogP contribution in [0, 0.1) is 6.92 Å². The minimum Gasteiger partial charge on any atom is -0.478 e. The second-order valence-corrected chi connectivity index (χ2v) is 5.31. The number of carbonyl (C=O) groups is 2. The predicted molar refractivity (Wildman–Crippen MR) is 96.9 cm³/mol. The summed E-state index contributed by atoms with van der Waals surface area (Å²) in [5, 5.41) is 19.6. The fraction of sp³-hybridized carbons (Fsp3) is 0.0526. The van der Waals surface area contributed by atoms with Gasteiger partial charge in [-0.1, -0.05) is 42.5 Å². The first-order valence-corrected chi connectivity index (χ1v) is 7.45. The molecule has 3 aromatic carbocycles. The number of nitrogens with two attached hydrogens (primary N) is 1. The largest absolute Gasteiger partial charge is 0.478 e. The van der Waals surface area contributed by atoms with Crippen LogP contribution < -0.4 is 11.3 Å². The molecular weight excluding hydrogens is 320 g/mol. The van der Waals surface area contributed by atoms with Crippen molar-refractivity contribution in [3.63, 3.8) is 0 Å². The van der Waals surface area contributed by atoms with Crippen LogP contribution in [0.3, 0.4) is 0 Å². The van der Waals surface area contributed by atoms with E-state index in [1.165, 1.54) is 17.5 Å². The second-order valence-electron chi connectivity index (χ2n) is 5.31. The van der Waals surface area contributed by atoms with E-state index in [-0.39, 0.29) is 11.1 Å². The lowest BCUT2D eigenvalue weighted by Gasteiger charge is -2.03. The van der Waals surface area contributed by atoms with E-state index in [0.717, 1.165) is 17.1 Å². The number of carboxylic acids is 2. The van der Waals surface area contributed by atoms with Gasteiger partial charge in [-0.15, -0.1) is 0 Å². The molecule has 0 aliphatic rings. The van der Waals surface area contributed by atoms with E-state index in [1.54, 1.807) is 6.92 Å². The monoisotopic (exact) mass is 338 g/mol. The highest BCUT2D eigenvalue weighted by Crippen LogP contribution is 2.21. The molecule has 5 N–H and O–H groups in total. The van der Waals surface area contributed by atoms with Gasteiger partial charge in [-0.3, -0.25) is 5.84 Å². The summed E-state index contributed by atoms with van der Waals surface area (Å²) in [4.78, 5) is 21.1. The van der Waals surface area contributed by atoms with Crippen molar-refractivity contribution in [3.8, 4) is 0 Å². The number of rotatable bonds is 3. The number of nitrogen functional groups attached to an aromatic ring is 1. The Labute approximate surface area is 144 Å². The Morgan fingerprint density at radius 1 is 0.920 bits per heavy atom. The van der Waals surface area contributed by atoms with E-state index in [1.807, 2.05) is 30.3 Å². The lowest BCUT2D eigenvalue weighted by molar-refractivity contribution is 0.0695. The van der Waals surface area contributed by atoms with Gasteiger partial charge in [-0.25, -0.2) is 9.59 Å². The maximum absolute atomic E-state index is 10.6. The molecule has 0 aromatic heterocycles. The van der Waals surface area contributed by atoms with Gasteiger partial charge in [0.25, 0.3) is 0 Å². The van der Waals surface area contributed by atoms with Gasteiger partial charge in [-0.05, 0) is 36.1 Å². The van der Waals surface area contributed by atoms with Crippen molar-refractivity contribution in [1.29, 1.82) is 0 Å². The van der Waals surface area contributed by atoms with Crippen LogP contribution >= 0.6 is 0 Å². The smallest absolute Gasteiger partial charge is 0.335 e. The topological polar surface area (TPSA) is 113 Å². The third-order valence-corrected chi connectivity index (χ3v) is 3.66. The Balaban J connectivity index is 0.000000181. The van der Waals surface area contributed by atoms with E-state index in [4.69, 9.17) is 16.1 Å². The van der Waals surface area contributed by atoms with Gasteiger partial charge in [0, 0.05) is 5.39 Å². The molecule has 0 fully saturated rings. The van der Waals surface area contributed by atoms with Crippen molar-refractivity contribution in [2.24, 2.45) is 5.84 Å². The van der Waals surface area contributed by atoms with Gasteiger partial charge >= 0.3 is 11.9 Å². The highest BCUT2D eigenvalue weighted by Gasteiger charge is 2.10. The van der Waals surface area contributed by atoms with Crippen LogP contribution in [0.25, 0.3) is 10.8 Å². The molecule has 25 heavy (non-hydrogen) atoms. The Morgan fingerprint density at radius 2 is 1.60 bits per heavy atom. The average molecular weight is 338 g/mol. The van der Waals surface area contributed by atoms with Crippen molar-refractivity contribution in [2.75, 3.05) is 5.43 Å². The van der Waals surface area contributed by atoms with Gasteiger partial charge in [0.2, 0.25) is 0 Å². The Kier molecular flexibility index (Phi) is 5.71. The van der Waals surface area contributed by atoms with E-state index in [2.05, 4.69) is 17.6 Å². The molecule has 0 bridgehead atoms. The van der Waals surface area contributed by atoms with Crippen LogP contribution in [0.1, 0.15) is 26.3 Å². The lowest BCUT2D eigenvalue weighted by atomic mass is 10.1. The third kappa shape index (κ3) is 4.33. The first kappa shape index (κ1) is 18.0. The summed E-state index contributed by atoms with van der Waals surface area (Å²) in [6, 6.07) is 18.2. The zero-order valence-corrected chi connectivity index (χ0v) is 13.6. The summed E-state index contributed by atoms with van der Waals surface area (Å²) >= 11 is 0. The minimum absolute atomic E-state index is 0.0111. The molecule has 0 radical (unpaired) electrons. The number of aryl methyl sites for hydroxylation is 1. The lowest BCUT2D eigenvalue weighted by Crippen LogP contribution is -2.06. The molecule has 3 aromatic rings. The van der Waals surface area contributed by atoms with Crippen molar-refractivity contribution < 1.29 is 19.8 Å². The molecule has 3 rings (SSSR count). The molecule has 0 saturated carbocycles. The average Bonchev–Trinajstić information content (AvgIpc) is 2.61. The van der Waals surface area contributed by atoms with Crippen molar-refractivity contribution in [2.45, 2.75) is 6.92 Å². The van der Waals surface area contributed by atoms with Crippen molar-refractivity contribution >= 4 is 28.4 Å². The molecule has 0 aliphatic heterocycles. The number of fused-ring (bicyclic) bond motifs is 1. The highest BCUT2D eigenvalue weighted by molar-refractivity contribution is 5.95. The summed E-state index contributed by atoms with van der Waals surface area (Å²) < 4.78 is 0. The van der Waals surface area contributed by atoms with Crippen molar-refractivity contribution in [3.05, 3.63) is 77.4 Å². The zero-order valence-electron chi connectivity index (χ0n) is 13.6. The molecule has 0 spiro atoms. The summed E-state index contributed by atoms with van der Waals surface area (Å²) in [5.74, 6) is 3.13. The molecule has 0 unspecified atom stereocenters. The zero-order chi connectivity index (χ0) is 18.4. The van der Waals surface area contributed by atoms with Gasteiger partial charge in [0.05, 0.1) is 16.8 Å². The molecule has 0 heterocycles. The Hall–Kier alpha value is -3.38. The number of hydrogen-bond donors (Lipinski definition) is 4. The summed E-state index contributed by atoms with van der Waals surface area (Å²) in [7, 11) is 0. The maximum atomic E-state index is 10.6. The number of nitrogens with one attached hydrogen (secondary N) is 1. The summed E-state index contributed by atoms with van der Waals surface area (Å²) in [6.07, 6.45) is 0. The molecular formula is C19H18N2O4. The number of hydrazine groups is 1. The van der Waals surface area contributed by atoms with Crippen LogP contribution in [0.15, 0.2) is 60.7 Å². The van der Waals surface area contributed by atoms with E-state index >= 15 is 0 Å². The minimum atomic E-state index is -1.12. The van der Waals surface area contributed by atoms with Crippen LogP contribution in [0.2, 0.25) is 0 Å². The van der Waals surface area contributed by atoms with E-state index < -0.39 is 11.9 Å². The molecule has 0 amide bonds. The van der Waals surface area contributed by atoms with Crippen LogP contribution in [0.4, 0.5) is 5.69 Å². The van der Waals surface area contributed by atoms with Crippen molar-refractivity contribution in [1.82, 2.24) is 0 Å². The fourth-order valence-electron chi connectivity index (χ4n) is 2.34. The Bertz CT molecular complexity index is 917. The number of aromatic carboxylic acids is 2. The number of hydrogen-bond acceptors (Lipinski definition) is 4. The first-order chi connectivity index (χ1) is 11.9. The molecule has 6 nitrogen and oxygen atoms in total. The standard InChI is InChI=1S/C10H10N2.C9H8O4/c11-12-10-7-3-5-8-4-1-2-6-9(8)10;1-5-2-3-6(8(10)11)4-7(5)9(12)13/h1-7,12H,11H2;2-4H,1H3,(H,10,11)(H,12,13). The fourth-order valence-corrected chi connectivity index (χ4v) is 2.34. The predicted octanol–water partition coefficient (Wildman–Crippen LogP) is 3.52. The van der Waals surface area contributed by atoms with Gasteiger partial charge in [0.1, 0.15) is 0 Å². The third-order valence-electron chi connectivity index (χ3n) is 3.66. The molecule has 0 saturated heterocycles. The highest BCUT2D eigenvalue weighted by atomic mass is 16.4. The van der Waals surface area contributed by atoms with Gasteiger partial charge in [-0.2, -0.15) is 0 Å². The maximum Gasteiger partial charge on any atom is 0.335 e. The summed E-state index contributed by atoms with van der Waals surface area (Å²) in [5.41, 5.74) is 4.21. The van der Waals surface area contributed by atoms with Crippen LogP contribution in [0.5, 0.6) is 0 Å². The first-order valence-electron chi connectivity index (χ1n) is 7.45. The van der Waals surface area contributed by atoms with E-state index in [9.17, 15) is 9.59 Å². The quantitative estimate of drug-likeness (QED) is 0.429. The number of benzene rings is 3. The van der Waals surface area contributed by atoms with Crippen LogP contribution in [-0.2, 0) is 0 Å². The van der Waals surface area contributed by atoms with Gasteiger partial charge < -0.3 is 15.6 Å². The molecule has 6 heteroatoms. The van der Waals surface area contributed by atoms with Gasteiger partial charge in [0.15, 0.2) is 0 Å². The molecule has 128 valence electrons. The molecule has 0 aliphatic carbocycles.